The first-order valence-corrected chi connectivity index (χ1v) is 8.10. The van der Waals surface area contributed by atoms with Gasteiger partial charge in [-0.2, -0.15) is 0 Å². The van der Waals surface area contributed by atoms with Crippen molar-refractivity contribution in [2.75, 3.05) is 33.8 Å². The molecule has 1 saturated heterocycles. The second-order valence-electron chi connectivity index (χ2n) is 6.22. The van der Waals surface area contributed by atoms with Crippen LogP contribution in [0, 0.1) is 0 Å². The molecule has 0 saturated carbocycles. The van der Waals surface area contributed by atoms with E-state index in [1.54, 1.807) is 0 Å². The molecule has 1 heterocycles. The summed E-state index contributed by atoms with van der Waals surface area (Å²) in [7, 11) is 4.09. The minimum absolute atomic E-state index is 0. The van der Waals surface area contributed by atoms with E-state index >= 15 is 0 Å². The van der Waals surface area contributed by atoms with Crippen LogP contribution in [0.4, 0.5) is 0 Å². The van der Waals surface area contributed by atoms with Crippen LogP contribution >= 0.6 is 24.8 Å². The molecule has 0 aromatic heterocycles. The summed E-state index contributed by atoms with van der Waals surface area (Å²) in [6.45, 7) is 2.67. The molecule has 6 nitrogen and oxygen atoms in total. The van der Waals surface area contributed by atoms with Crippen LogP contribution in [-0.4, -0.2) is 61.9 Å². The zero-order valence-electron chi connectivity index (χ0n) is 14.7. The zero-order valence-corrected chi connectivity index (χ0v) is 16.4. The average molecular weight is 394 g/mol. The van der Waals surface area contributed by atoms with Gasteiger partial charge in [0, 0.05) is 19.6 Å². The minimum atomic E-state index is -0.422. The topological polar surface area (TPSA) is 73.8 Å². The lowest BCUT2D eigenvalue weighted by molar-refractivity contribution is -0.123. The van der Waals surface area contributed by atoms with Crippen molar-refractivity contribution in [2.24, 2.45) is 0 Å². The summed E-state index contributed by atoms with van der Waals surface area (Å²) in [4.78, 5) is 14.1. The smallest absolute Gasteiger partial charge is 0.237 e. The van der Waals surface area contributed by atoms with Gasteiger partial charge in [0.05, 0.1) is 18.8 Å². The zero-order chi connectivity index (χ0) is 16.7. The summed E-state index contributed by atoms with van der Waals surface area (Å²) in [6, 6.07) is 7.48. The van der Waals surface area contributed by atoms with Crippen molar-refractivity contribution in [3.63, 3.8) is 0 Å². The molecule has 0 spiro atoms. The van der Waals surface area contributed by atoms with E-state index in [0.29, 0.717) is 26.1 Å². The van der Waals surface area contributed by atoms with Gasteiger partial charge in [-0.15, -0.1) is 24.8 Å². The Morgan fingerprint density at radius 1 is 1.32 bits per heavy atom. The number of β-amino-alcohol motifs (C(OH)–C–C–N with tert-alkyl or cyclic N) is 1. The highest BCUT2D eigenvalue weighted by atomic mass is 35.5. The second-order valence-corrected chi connectivity index (χ2v) is 6.22. The Morgan fingerprint density at radius 3 is 2.56 bits per heavy atom. The Bertz CT molecular complexity index is 500. The Kier molecular flexibility index (Phi) is 11.8. The van der Waals surface area contributed by atoms with Gasteiger partial charge >= 0.3 is 0 Å². The molecule has 144 valence electrons. The third kappa shape index (κ3) is 8.74. The van der Waals surface area contributed by atoms with Crippen molar-refractivity contribution >= 4 is 30.7 Å². The fourth-order valence-electron chi connectivity index (χ4n) is 2.50. The molecule has 1 amide bonds. The van der Waals surface area contributed by atoms with E-state index in [0.717, 1.165) is 24.3 Å². The van der Waals surface area contributed by atoms with E-state index in [4.69, 9.17) is 4.74 Å². The molecule has 2 atom stereocenters. The average Bonchev–Trinajstić information content (AvgIpc) is 2.97. The van der Waals surface area contributed by atoms with Crippen molar-refractivity contribution in [1.82, 2.24) is 15.5 Å². The number of aliphatic hydroxyl groups excluding tert-OH is 1. The van der Waals surface area contributed by atoms with Gasteiger partial charge in [0.25, 0.3) is 0 Å². The number of halogens is 2. The molecule has 0 aliphatic carbocycles. The quantitative estimate of drug-likeness (QED) is 0.578. The lowest BCUT2D eigenvalue weighted by atomic mass is 10.1. The molecule has 1 aliphatic heterocycles. The summed E-state index contributed by atoms with van der Waals surface area (Å²) >= 11 is 0. The molecular weight excluding hydrogens is 365 g/mol. The summed E-state index contributed by atoms with van der Waals surface area (Å²) in [5.74, 6) is 0.782. The van der Waals surface area contributed by atoms with E-state index in [9.17, 15) is 9.90 Å². The van der Waals surface area contributed by atoms with Gasteiger partial charge in [-0.05, 0) is 44.6 Å². The van der Waals surface area contributed by atoms with Crippen molar-refractivity contribution in [1.29, 1.82) is 0 Å². The molecule has 3 N–H and O–H groups in total. The Balaban J connectivity index is 0.00000288. The number of aliphatic hydroxyl groups is 1. The van der Waals surface area contributed by atoms with E-state index in [1.807, 2.05) is 38.4 Å². The van der Waals surface area contributed by atoms with Crippen LogP contribution in [0.5, 0.6) is 5.75 Å². The molecule has 0 bridgehead atoms. The lowest BCUT2D eigenvalue weighted by Crippen LogP contribution is -2.39. The largest absolute Gasteiger partial charge is 0.494 e. The number of hydrogen-bond acceptors (Lipinski definition) is 5. The standard InChI is InChI=1S/C17H27N3O3.2ClH/c1-20(2)8-3-9-23-15-6-4-13(5-7-15)11-19-17(22)16-10-14(21)12-18-16;;/h4-7,14,16,18,21H,3,8-12H2,1-2H3,(H,19,22);2*1H. The van der Waals surface area contributed by atoms with E-state index in [-0.39, 0.29) is 36.8 Å². The number of amides is 1. The van der Waals surface area contributed by atoms with Crippen molar-refractivity contribution in [2.45, 2.75) is 31.5 Å². The summed E-state index contributed by atoms with van der Waals surface area (Å²) in [6.07, 6.45) is 1.05. The number of rotatable bonds is 8. The number of benzene rings is 1. The Labute approximate surface area is 162 Å². The molecule has 8 heteroatoms. The predicted molar refractivity (Wildman–Crippen MR) is 104 cm³/mol. The minimum Gasteiger partial charge on any atom is -0.494 e. The first-order chi connectivity index (χ1) is 11.0. The molecule has 1 fully saturated rings. The highest BCUT2D eigenvalue weighted by molar-refractivity contribution is 5.85. The third-order valence-corrected chi connectivity index (χ3v) is 3.83. The highest BCUT2D eigenvalue weighted by Gasteiger charge is 2.27. The number of ether oxygens (including phenoxy) is 1. The summed E-state index contributed by atoms with van der Waals surface area (Å²) < 4.78 is 5.68. The second kappa shape index (κ2) is 12.3. The van der Waals surface area contributed by atoms with Crippen LogP contribution < -0.4 is 15.4 Å². The van der Waals surface area contributed by atoms with Crippen molar-refractivity contribution in [3.8, 4) is 5.75 Å². The number of nitrogens with one attached hydrogen (secondary N) is 2. The van der Waals surface area contributed by atoms with Crippen LogP contribution in [-0.2, 0) is 11.3 Å². The van der Waals surface area contributed by atoms with Crippen molar-refractivity contribution < 1.29 is 14.6 Å². The molecule has 25 heavy (non-hydrogen) atoms. The highest BCUT2D eigenvalue weighted by Crippen LogP contribution is 2.13. The van der Waals surface area contributed by atoms with Gasteiger partial charge < -0.3 is 25.4 Å². The van der Waals surface area contributed by atoms with Gasteiger partial charge in [0.15, 0.2) is 0 Å². The third-order valence-electron chi connectivity index (χ3n) is 3.83. The van der Waals surface area contributed by atoms with Gasteiger partial charge in [0.2, 0.25) is 5.91 Å². The van der Waals surface area contributed by atoms with Crippen molar-refractivity contribution in [3.05, 3.63) is 29.8 Å². The maximum atomic E-state index is 11.9. The van der Waals surface area contributed by atoms with E-state index in [2.05, 4.69) is 15.5 Å². The molecule has 0 radical (unpaired) electrons. The maximum absolute atomic E-state index is 11.9. The predicted octanol–water partition coefficient (Wildman–Crippen LogP) is 1.20. The Hall–Kier alpha value is -1.05. The summed E-state index contributed by atoms with van der Waals surface area (Å²) in [5.41, 5.74) is 1.03. The van der Waals surface area contributed by atoms with Gasteiger partial charge in [-0.25, -0.2) is 0 Å². The molecule has 2 unspecified atom stereocenters. The first kappa shape index (κ1) is 23.9. The number of hydrogen-bond donors (Lipinski definition) is 3. The Morgan fingerprint density at radius 2 is 2.00 bits per heavy atom. The molecule has 1 aliphatic rings. The van der Waals surface area contributed by atoms with Crippen LogP contribution in [0.2, 0.25) is 0 Å². The molecular formula is C17H29Cl2N3O3. The van der Waals surface area contributed by atoms with E-state index < -0.39 is 6.10 Å². The normalized spacial score (nSPS) is 19.0. The number of carbonyl (C=O) groups excluding carboxylic acids is 1. The molecule has 1 aromatic rings. The van der Waals surface area contributed by atoms with Gasteiger partial charge in [0.1, 0.15) is 5.75 Å². The fourth-order valence-corrected chi connectivity index (χ4v) is 2.50. The first-order valence-electron chi connectivity index (χ1n) is 8.10. The van der Waals surface area contributed by atoms with Crippen LogP contribution in [0.15, 0.2) is 24.3 Å². The maximum Gasteiger partial charge on any atom is 0.237 e. The van der Waals surface area contributed by atoms with Crippen LogP contribution in [0.3, 0.4) is 0 Å². The number of nitrogens with zero attached hydrogens (tertiary/aromatic N) is 1. The van der Waals surface area contributed by atoms with Gasteiger partial charge in [-0.3, -0.25) is 4.79 Å². The lowest BCUT2D eigenvalue weighted by Gasteiger charge is -2.12. The van der Waals surface area contributed by atoms with E-state index in [1.165, 1.54) is 0 Å². The van der Waals surface area contributed by atoms with Crippen LogP contribution in [0.25, 0.3) is 0 Å². The summed E-state index contributed by atoms with van der Waals surface area (Å²) in [5, 5.41) is 15.3. The van der Waals surface area contributed by atoms with Gasteiger partial charge in [-0.1, -0.05) is 12.1 Å². The fraction of sp³-hybridized carbons (Fsp3) is 0.588. The SMILES string of the molecule is CN(C)CCCOc1ccc(CNC(=O)C2CC(O)CN2)cc1.Cl.Cl. The molecule has 1 aromatic carbocycles. The van der Waals surface area contributed by atoms with Crippen LogP contribution in [0.1, 0.15) is 18.4 Å². The number of carbonyl (C=O) groups is 1. The molecule has 2 rings (SSSR count). The monoisotopic (exact) mass is 393 g/mol.